The summed E-state index contributed by atoms with van der Waals surface area (Å²) in [4.78, 5) is 36.9. The monoisotopic (exact) mass is 331 g/mol. The predicted octanol–water partition coefficient (Wildman–Crippen LogP) is 2.27. The number of ether oxygens (including phenoxy) is 2. The number of benzene rings is 1. The Morgan fingerprint density at radius 3 is 2.75 bits per heavy atom. The summed E-state index contributed by atoms with van der Waals surface area (Å²) in [6.45, 7) is 6.14. The number of likely N-dealkylation sites (tertiary alicyclic amines) is 1. The van der Waals surface area contributed by atoms with Crippen LogP contribution in [0, 0.1) is 0 Å². The highest BCUT2D eigenvalue weighted by atomic mass is 16.6. The first-order valence-electron chi connectivity index (χ1n) is 8.07. The first-order chi connectivity index (χ1) is 11.3. The minimum Gasteiger partial charge on any atom is -0.484 e. The van der Waals surface area contributed by atoms with Crippen molar-refractivity contribution in [2.45, 2.75) is 51.4 Å². The van der Waals surface area contributed by atoms with Crippen LogP contribution in [0.25, 0.3) is 0 Å². The Hall–Kier alpha value is -2.37. The van der Waals surface area contributed by atoms with Crippen molar-refractivity contribution >= 4 is 18.2 Å². The lowest BCUT2D eigenvalue weighted by molar-refractivity contribution is -0.161. The first kappa shape index (κ1) is 16.5. The van der Waals surface area contributed by atoms with E-state index >= 15 is 0 Å². The molecule has 1 fully saturated rings. The van der Waals surface area contributed by atoms with Crippen LogP contribution in [0.15, 0.2) is 18.2 Å². The van der Waals surface area contributed by atoms with Gasteiger partial charge < -0.3 is 14.4 Å². The van der Waals surface area contributed by atoms with Crippen molar-refractivity contribution in [1.82, 2.24) is 4.90 Å². The maximum atomic E-state index is 12.3. The highest BCUT2D eigenvalue weighted by molar-refractivity contribution is 5.94. The zero-order chi connectivity index (χ0) is 17.5. The number of Topliss-reactive ketones (excluding diaryl/α,β-unsaturated/α-hetero) is 1. The van der Waals surface area contributed by atoms with Gasteiger partial charge in [0.2, 0.25) is 5.91 Å². The van der Waals surface area contributed by atoms with Crippen LogP contribution in [-0.4, -0.2) is 41.3 Å². The van der Waals surface area contributed by atoms with E-state index in [1.165, 1.54) is 6.92 Å². The molecule has 2 heterocycles. The molecule has 0 spiro atoms. The van der Waals surface area contributed by atoms with Crippen molar-refractivity contribution in [3.05, 3.63) is 29.3 Å². The molecule has 6 nitrogen and oxygen atoms in total. The number of fused-ring (bicyclic) bond motifs is 1. The van der Waals surface area contributed by atoms with Crippen LogP contribution in [0.1, 0.15) is 55.6 Å². The fourth-order valence-electron chi connectivity index (χ4n) is 3.57. The molecule has 24 heavy (non-hydrogen) atoms. The molecular weight excluding hydrogens is 310 g/mol. The third-order valence-electron chi connectivity index (χ3n) is 4.73. The lowest BCUT2D eigenvalue weighted by atomic mass is 9.84. The second kappa shape index (κ2) is 5.92. The smallest absolute Gasteiger partial charge is 0.293 e. The van der Waals surface area contributed by atoms with E-state index < -0.39 is 17.7 Å². The quantitative estimate of drug-likeness (QED) is 0.625. The van der Waals surface area contributed by atoms with Crippen molar-refractivity contribution in [3.8, 4) is 5.75 Å². The SMILES string of the molecule is CC(=O)c1ccc2c(c1)C(N1CCCC1=O)C(OC=O)C(C)(C)O2. The topological polar surface area (TPSA) is 72.9 Å². The van der Waals surface area contributed by atoms with E-state index in [0.29, 0.717) is 36.3 Å². The molecule has 2 aliphatic heterocycles. The molecule has 1 aromatic carbocycles. The van der Waals surface area contributed by atoms with E-state index in [-0.39, 0.29) is 11.7 Å². The average Bonchev–Trinajstić information content (AvgIpc) is 2.93. The largest absolute Gasteiger partial charge is 0.484 e. The molecule has 6 heteroatoms. The second-order valence-electron chi connectivity index (χ2n) is 6.80. The summed E-state index contributed by atoms with van der Waals surface area (Å²) in [6, 6.07) is 4.74. The number of nitrogens with zero attached hydrogens (tertiary/aromatic N) is 1. The summed E-state index contributed by atoms with van der Waals surface area (Å²) < 4.78 is 11.4. The molecule has 128 valence electrons. The molecule has 1 aromatic rings. The Morgan fingerprint density at radius 1 is 1.42 bits per heavy atom. The molecule has 1 saturated heterocycles. The molecule has 0 saturated carbocycles. The minimum atomic E-state index is -0.792. The van der Waals surface area contributed by atoms with Crippen LogP contribution in [0.4, 0.5) is 0 Å². The Bertz CT molecular complexity index is 697. The van der Waals surface area contributed by atoms with Crippen molar-refractivity contribution in [2.75, 3.05) is 6.54 Å². The molecule has 1 amide bonds. The third kappa shape index (κ3) is 2.66. The zero-order valence-corrected chi connectivity index (χ0v) is 14.1. The van der Waals surface area contributed by atoms with E-state index in [9.17, 15) is 14.4 Å². The number of hydrogen-bond donors (Lipinski definition) is 0. The number of amides is 1. The highest BCUT2D eigenvalue weighted by Gasteiger charge is 2.50. The fraction of sp³-hybridized carbons (Fsp3) is 0.500. The Labute approximate surface area is 140 Å². The van der Waals surface area contributed by atoms with Gasteiger partial charge >= 0.3 is 0 Å². The van der Waals surface area contributed by atoms with Gasteiger partial charge in [0.25, 0.3) is 6.47 Å². The molecule has 0 N–H and O–H groups in total. The van der Waals surface area contributed by atoms with Crippen LogP contribution in [0.3, 0.4) is 0 Å². The molecule has 0 aliphatic carbocycles. The zero-order valence-electron chi connectivity index (χ0n) is 14.1. The van der Waals surface area contributed by atoms with Gasteiger partial charge in [-0.3, -0.25) is 14.4 Å². The van der Waals surface area contributed by atoms with E-state index in [2.05, 4.69) is 0 Å². The van der Waals surface area contributed by atoms with Gasteiger partial charge in [0.1, 0.15) is 17.4 Å². The third-order valence-corrected chi connectivity index (χ3v) is 4.73. The standard InChI is InChI=1S/C18H21NO5/c1-11(21)12-6-7-14-13(9-12)16(19-8-4-5-15(19)22)17(23-10-20)18(2,3)24-14/h6-7,9-10,16-17H,4-5,8H2,1-3H3. The number of hydrogen-bond acceptors (Lipinski definition) is 5. The maximum Gasteiger partial charge on any atom is 0.293 e. The number of ketones is 1. The molecule has 0 aromatic heterocycles. The molecule has 2 atom stereocenters. The molecule has 2 aliphatic rings. The first-order valence-corrected chi connectivity index (χ1v) is 8.07. The van der Waals surface area contributed by atoms with Crippen LogP contribution in [0.5, 0.6) is 5.75 Å². The van der Waals surface area contributed by atoms with Crippen LogP contribution >= 0.6 is 0 Å². The number of carbonyl (C=O) groups is 3. The van der Waals surface area contributed by atoms with Gasteiger partial charge in [-0.15, -0.1) is 0 Å². The van der Waals surface area contributed by atoms with Gasteiger partial charge in [0.05, 0.1) is 0 Å². The minimum absolute atomic E-state index is 0.0244. The van der Waals surface area contributed by atoms with Gasteiger partial charge in [-0.05, 0) is 45.4 Å². The van der Waals surface area contributed by atoms with Gasteiger partial charge in [-0.2, -0.15) is 0 Å². The normalized spacial score (nSPS) is 25.0. The van der Waals surface area contributed by atoms with Crippen LogP contribution in [-0.2, 0) is 14.3 Å². The van der Waals surface area contributed by atoms with Crippen molar-refractivity contribution < 1.29 is 23.9 Å². The number of carbonyl (C=O) groups excluding carboxylic acids is 3. The highest BCUT2D eigenvalue weighted by Crippen LogP contribution is 2.45. The van der Waals surface area contributed by atoms with Gasteiger partial charge in [-0.25, -0.2) is 0 Å². The molecule has 0 bridgehead atoms. The van der Waals surface area contributed by atoms with E-state index in [1.54, 1.807) is 23.1 Å². The average molecular weight is 331 g/mol. The van der Waals surface area contributed by atoms with Gasteiger partial charge in [-0.1, -0.05) is 0 Å². The van der Waals surface area contributed by atoms with Gasteiger partial charge in [0.15, 0.2) is 11.9 Å². The summed E-state index contributed by atoms with van der Waals surface area (Å²) in [5.41, 5.74) is 0.460. The summed E-state index contributed by atoms with van der Waals surface area (Å²) in [6.07, 6.45) is 0.603. The molecule has 0 radical (unpaired) electrons. The molecular formula is C18H21NO5. The second-order valence-corrected chi connectivity index (χ2v) is 6.80. The molecule has 3 rings (SSSR count). The van der Waals surface area contributed by atoms with E-state index in [1.807, 2.05) is 13.8 Å². The van der Waals surface area contributed by atoms with Crippen LogP contribution in [0.2, 0.25) is 0 Å². The van der Waals surface area contributed by atoms with Crippen molar-refractivity contribution in [1.29, 1.82) is 0 Å². The van der Waals surface area contributed by atoms with E-state index in [4.69, 9.17) is 9.47 Å². The fourth-order valence-corrected chi connectivity index (χ4v) is 3.57. The van der Waals surface area contributed by atoms with Crippen LogP contribution < -0.4 is 4.74 Å². The summed E-state index contributed by atoms with van der Waals surface area (Å²) in [5, 5.41) is 0. The lowest BCUT2D eigenvalue weighted by Crippen LogP contribution is -2.55. The van der Waals surface area contributed by atoms with E-state index in [0.717, 1.165) is 6.42 Å². The molecule has 2 unspecified atom stereocenters. The van der Waals surface area contributed by atoms with Crippen molar-refractivity contribution in [2.24, 2.45) is 0 Å². The maximum absolute atomic E-state index is 12.3. The Kier molecular flexibility index (Phi) is 4.07. The summed E-state index contributed by atoms with van der Waals surface area (Å²) in [5.74, 6) is 0.568. The Morgan fingerprint density at radius 2 is 2.17 bits per heavy atom. The number of rotatable bonds is 4. The summed E-state index contributed by atoms with van der Waals surface area (Å²) in [7, 11) is 0. The van der Waals surface area contributed by atoms with Crippen molar-refractivity contribution in [3.63, 3.8) is 0 Å². The summed E-state index contributed by atoms with van der Waals surface area (Å²) >= 11 is 0. The Balaban J connectivity index is 2.15. The lowest BCUT2D eigenvalue weighted by Gasteiger charge is -2.46. The predicted molar refractivity (Wildman–Crippen MR) is 85.8 cm³/mol. The van der Waals surface area contributed by atoms with Gasteiger partial charge in [0, 0.05) is 24.1 Å².